The number of aromatic carboxylic acids is 1. The van der Waals surface area contributed by atoms with Crippen molar-refractivity contribution in [2.24, 2.45) is 5.92 Å². The average Bonchev–Trinajstić information content (AvgIpc) is 3.61. The minimum Gasteiger partial charge on any atom is -0.477 e. The van der Waals surface area contributed by atoms with Crippen LogP contribution in [0.1, 0.15) is 54.8 Å². The summed E-state index contributed by atoms with van der Waals surface area (Å²) in [5.74, 6) is -1.41. The predicted octanol–water partition coefficient (Wildman–Crippen LogP) is 7.48. The zero-order valence-corrected chi connectivity index (χ0v) is 29.8. The van der Waals surface area contributed by atoms with Gasteiger partial charge < -0.3 is 28.9 Å². The minimum atomic E-state index is -4.71. The number of rotatable bonds is 14. The number of benzene rings is 1. The molecule has 5 rings (SSSR count). The van der Waals surface area contributed by atoms with E-state index >= 15 is 0 Å². The number of pyridine rings is 3. The second-order valence-electron chi connectivity index (χ2n) is 11.9. The van der Waals surface area contributed by atoms with Crippen molar-refractivity contribution >= 4 is 48.8 Å². The van der Waals surface area contributed by atoms with Crippen LogP contribution in [0.25, 0.3) is 32.7 Å². The number of hydrogen-bond donors (Lipinski definition) is 4. The Hall–Kier alpha value is -4.80. The van der Waals surface area contributed by atoms with E-state index in [-0.39, 0.29) is 57.7 Å². The highest BCUT2D eigenvalue weighted by molar-refractivity contribution is 7.40. The monoisotopic (exact) mass is 758 g/mol. The molecule has 274 valence electrons. The lowest BCUT2D eigenvalue weighted by atomic mass is 10.0. The van der Waals surface area contributed by atoms with Gasteiger partial charge in [-0.2, -0.15) is 13.2 Å². The molecule has 2 amide bonds. The van der Waals surface area contributed by atoms with Gasteiger partial charge in [0.2, 0.25) is 5.43 Å². The van der Waals surface area contributed by atoms with E-state index in [2.05, 4.69) is 25.6 Å². The zero-order valence-electron chi connectivity index (χ0n) is 28.0. The van der Waals surface area contributed by atoms with Gasteiger partial charge in [0, 0.05) is 47.2 Å². The molecule has 4 aromatic heterocycles. The van der Waals surface area contributed by atoms with E-state index in [4.69, 9.17) is 9.05 Å². The maximum absolute atomic E-state index is 13.6. The van der Waals surface area contributed by atoms with Crippen molar-refractivity contribution in [2.75, 3.05) is 18.5 Å². The molecule has 0 saturated carbocycles. The Kier molecular flexibility index (Phi) is 12.3. The average molecular weight is 759 g/mol. The topological polar surface area (TPSA) is 178 Å². The minimum absolute atomic E-state index is 0.0193. The van der Waals surface area contributed by atoms with E-state index in [1.54, 1.807) is 6.92 Å². The summed E-state index contributed by atoms with van der Waals surface area (Å²) in [7, 11) is -2.32. The number of alkyl halides is 3. The smallest absolute Gasteiger partial charge is 0.434 e. The number of carbonyl (C=O) groups is 2. The number of nitrogens with zero attached hydrogens (tertiary/aromatic N) is 4. The molecular formula is C34H34F3N6O7PS. The van der Waals surface area contributed by atoms with E-state index in [9.17, 15) is 37.6 Å². The molecule has 52 heavy (non-hydrogen) atoms. The summed E-state index contributed by atoms with van der Waals surface area (Å²) in [6.45, 7) is 5.88. The summed E-state index contributed by atoms with van der Waals surface area (Å²) in [5, 5.41) is 15.8. The third-order valence-electron chi connectivity index (χ3n) is 7.62. The van der Waals surface area contributed by atoms with Crippen LogP contribution >= 0.6 is 19.9 Å². The van der Waals surface area contributed by atoms with Gasteiger partial charge in [0.1, 0.15) is 22.0 Å². The van der Waals surface area contributed by atoms with Gasteiger partial charge in [0.25, 0.3) is 0 Å². The lowest BCUT2D eigenvalue weighted by Crippen LogP contribution is -2.28. The van der Waals surface area contributed by atoms with Crippen molar-refractivity contribution in [3.8, 4) is 21.7 Å². The second kappa shape index (κ2) is 16.7. The van der Waals surface area contributed by atoms with Crippen LogP contribution in [-0.2, 0) is 21.8 Å². The summed E-state index contributed by atoms with van der Waals surface area (Å²) < 4.78 is 53.3. The summed E-state index contributed by atoms with van der Waals surface area (Å²) in [4.78, 5) is 61.2. The molecule has 0 aliphatic rings. The molecule has 0 aliphatic heterocycles. The number of hydrogen-bond acceptors (Lipinski definition) is 10. The molecule has 1 unspecified atom stereocenters. The number of thiazole rings is 1. The molecule has 0 bridgehead atoms. The second-order valence-corrected chi connectivity index (χ2v) is 13.7. The Morgan fingerprint density at radius 1 is 1.08 bits per heavy atom. The Bertz CT molecular complexity index is 2110. The number of nitrogens with one attached hydrogen (secondary N) is 2. The lowest BCUT2D eigenvalue weighted by molar-refractivity contribution is -0.140. The van der Waals surface area contributed by atoms with Crippen LogP contribution in [0.5, 0.6) is 0 Å². The first-order valence-electron chi connectivity index (χ1n) is 15.9. The fourth-order valence-electron chi connectivity index (χ4n) is 5.29. The number of aromatic nitrogens is 4. The first kappa shape index (κ1) is 38.4. The number of urea groups is 1. The molecule has 13 nitrogen and oxygen atoms in total. The van der Waals surface area contributed by atoms with Gasteiger partial charge >= 0.3 is 26.8 Å². The van der Waals surface area contributed by atoms with Crippen molar-refractivity contribution < 1.29 is 41.8 Å². The van der Waals surface area contributed by atoms with Crippen molar-refractivity contribution in [1.82, 2.24) is 24.8 Å². The number of fused-ring (bicyclic) bond motifs is 1. The van der Waals surface area contributed by atoms with E-state index in [0.29, 0.717) is 24.3 Å². The molecule has 4 heterocycles. The number of carboxylic acids is 1. The fraction of sp³-hybridized carbons (Fsp3) is 0.294. The van der Waals surface area contributed by atoms with Gasteiger partial charge in [-0.05, 0) is 37.0 Å². The molecule has 5 aromatic rings. The van der Waals surface area contributed by atoms with Gasteiger partial charge in [-0.25, -0.2) is 24.5 Å². The van der Waals surface area contributed by atoms with E-state index in [1.165, 1.54) is 35.3 Å². The Morgan fingerprint density at radius 3 is 2.48 bits per heavy atom. The summed E-state index contributed by atoms with van der Waals surface area (Å²) in [6.07, 6.45) is -0.425. The number of amides is 2. The van der Waals surface area contributed by atoms with Crippen LogP contribution < -0.4 is 16.1 Å². The number of carboxylic acid groups (broad SMARTS) is 1. The van der Waals surface area contributed by atoms with Gasteiger partial charge in [-0.1, -0.05) is 44.2 Å². The largest absolute Gasteiger partial charge is 0.477 e. The fourth-order valence-corrected chi connectivity index (χ4v) is 6.78. The first-order chi connectivity index (χ1) is 24.7. The normalized spacial score (nSPS) is 12.9. The standard InChI is InChI=1S/C34H34F3N6O7PS/c1-4-38-33(47)42-28-12-23(31-41-27(18-52-31)34(35,36)37)25(14-39-28)21-11-24-29(44)26(32(45)46)15-43(30(24)40-13-21)22(10-19(2)3)17-50-51(48)49-16-20-8-6-5-7-9-20/h5-9,11-15,18-19,22,48H,4,10,16-17H2,1-3H3,(H,45,46)(H2,38,39,42,47)/t22-,51?/m0/s1. The molecule has 0 aliphatic carbocycles. The van der Waals surface area contributed by atoms with Crippen LogP contribution in [-0.4, -0.2) is 54.7 Å². The quantitative estimate of drug-likeness (QED) is 0.0830. The number of carbonyl (C=O) groups excluding carboxylic acids is 1. The zero-order chi connectivity index (χ0) is 37.6. The van der Waals surface area contributed by atoms with E-state index in [0.717, 1.165) is 10.9 Å². The van der Waals surface area contributed by atoms with Crippen LogP contribution in [0.4, 0.5) is 23.8 Å². The molecule has 0 fully saturated rings. The van der Waals surface area contributed by atoms with Gasteiger partial charge in [0.05, 0.1) is 24.6 Å². The van der Waals surface area contributed by atoms with Crippen molar-refractivity contribution in [2.45, 2.75) is 46.0 Å². The highest BCUT2D eigenvalue weighted by atomic mass is 32.1. The van der Waals surface area contributed by atoms with Crippen molar-refractivity contribution in [3.63, 3.8) is 0 Å². The van der Waals surface area contributed by atoms with Gasteiger partial charge in [-0.3, -0.25) is 10.1 Å². The molecule has 1 aromatic carbocycles. The molecule has 4 N–H and O–H groups in total. The van der Waals surface area contributed by atoms with Crippen LogP contribution in [0, 0.1) is 5.92 Å². The summed E-state index contributed by atoms with van der Waals surface area (Å²) in [6, 6.07) is 10.7. The van der Waals surface area contributed by atoms with Gasteiger partial charge in [0.15, 0.2) is 5.69 Å². The third kappa shape index (κ3) is 9.35. The van der Waals surface area contributed by atoms with E-state index in [1.807, 2.05) is 44.2 Å². The molecule has 0 saturated heterocycles. The molecule has 0 radical (unpaired) electrons. The summed E-state index contributed by atoms with van der Waals surface area (Å²) >= 11 is 0.717. The highest BCUT2D eigenvalue weighted by Gasteiger charge is 2.34. The molecule has 0 spiro atoms. The third-order valence-corrected chi connectivity index (χ3v) is 9.21. The molecular weight excluding hydrogens is 724 g/mol. The predicted molar refractivity (Wildman–Crippen MR) is 190 cm³/mol. The highest BCUT2D eigenvalue weighted by Crippen LogP contribution is 2.40. The Morgan fingerprint density at radius 2 is 1.83 bits per heavy atom. The van der Waals surface area contributed by atoms with Crippen molar-refractivity contribution in [1.29, 1.82) is 0 Å². The van der Waals surface area contributed by atoms with Crippen molar-refractivity contribution in [3.05, 3.63) is 93.5 Å². The van der Waals surface area contributed by atoms with Crippen LogP contribution in [0.15, 0.2) is 71.2 Å². The van der Waals surface area contributed by atoms with Gasteiger partial charge in [-0.15, -0.1) is 11.3 Å². The Labute approximate surface area is 300 Å². The summed E-state index contributed by atoms with van der Waals surface area (Å²) in [5.41, 5.74) is -0.991. The SMILES string of the molecule is CCNC(=O)Nc1cc(-c2nc(C(F)(F)F)cs2)c(-c2cnc3c(c2)c(=O)c(C(=O)O)cn3[C@H](COP(O)OCc2ccccc2)CC(C)C)cn1. The lowest BCUT2D eigenvalue weighted by Gasteiger charge is -2.25. The Balaban J connectivity index is 1.57. The maximum atomic E-state index is 13.6. The van der Waals surface area contributed by atoms with Crippen LogP contribution in [0.2, 0.25) is 0 Å². The van der Waals surface area contributed by atoms with E-state index < -0.39 is 49.5 Å². The number of halogens is 3. The number of anilines is 1. The molecule has 18 heteroatoms. The maximum Gasteiger partial charge on any atom is 0.434 e. The van der Waals surface area contributed by atoms with Crippen LogP contribution in [0.3, 0.4) is 0 Å². The molecule has 2 atom stereocenters. The first-order valence-corrected chi connectivity index (χ1v) is 17.9.